The van der Waals surface area contributed by atoms with Gasteiger partial charge in [-0.1, -0.05) is 29.8 Å². The van der Waals surface area contributed by atoms with Crippen LogP contribution in [0.25, 0.3) is 0 Å². The van der Waals surface area contributed by atoms with Crippen LogP contribution in [-0.4, -0.2) is 14.1 Å². The molecule has 1 unspecified atom stereocenters. The molecule has 0 spiro atoms. The molecule has 4 heteroatoms. The highest BCUT2D eigenvalue weighted by Gasteiger charge is 2.15. The number of nitrogens with one attached hydrogen (secondary N) is 1. The maximum Gasteiger partial charge on any atom is 0.146 e. The van der Waals surface area contributed by atoms with Gasteiger partial charge in [0.15, 0.2) is 0 Å². The van der Waals surface area contributed by atoms with E-state index >= 15 is 0 Å². The fourth-order valence-corrected chi connectivity index (χ4v) is 2.45. The van der Waals surface area contributed by atoms with Crippen molar-refractivity contribution >= 4 is 17.3 Å². The molecule has 1 N–H and O–H groups in total. The molecule has 0 amide bonds. The van der Waals surface area contributed by atoms with Crippen LogP contribution < -0.4 is 10.2 Å². The van der Waals surface area contributed by atoms with Crippen LogP contribution in [0.3, 0.4) is 0 Å². The van der Waals surface area contributed by atoms with Gasteiger partial charge in [-0.3, -0.25) is 0 Å². The molecular weight excluding hydrogens is 287 g/mol. The van der Waals surface area contributed by atoms with Gasteiger partial charge in [0.05, 0.1) is 11.7 Å². The van der Waals surface area contributed by atoms with Crippen molar-refractivity contribution < 1.29 is 4.39 Å². The summed E-state index contributed by atoms with van der Waals surface area (Å²) < 4.78 is 14.3. The van der Waals surface area contributed by atoms with Gasteiger partial charge in [-0.15, -0.1) is 0 Å². The molecule has 0 bridgehead atoms. The Hall–Kier alpha value is -1.58. The van der Waals surface area contributed by atoms with Crippen LogP contribution in [0.15, 0.2) is 42.5 Å². The molecule has 0 aliphatic heterocycles. The summed E-state index contributed by atoms with van der Waals surface area (Å²) in [4.78, 5) is 1.93. The minimum absolute atomic E-state index is 0.0620. The topological polar surface area (TPSA) is 15.3 Å². The Kier molecular flexibility index (Phi) is 5.21. The maximum atomic E-state index is 14.3. The lowest BCUT2D eigenvalue weighted by Gasteiger charge is -2.28. The largest absolute Gasteiger partial charge is 0.365 e. The van der Waals surface area contributed by atoms with Crippen molar-refractivity contribution in [1.82, 2.24) is 5.32 Å². The fraction of sp³-hybridized carbons (Fsp3) is 0.294. The summed E-state index contributed by atoms with van der Waals surface area (Å²) in [5.74, 6) is -0.203. The third-order valence-corrected chi connectivity index (χ3v) is 3.96. The predicted molar refractivity (Wildman–Crippen MR) is 87.4 cm³/mol. The molecule has 1 atom stereocenters. The fourth-order valence-electron chi connectivity index (χ4n) is 2.32. The summed E-state index contributed by atoms with van der Waals surface area (Å²) in [6.45, 7) is 2.71. The van der Waals surface area contributed by atoms with Crippen molar-refractivity contribution in [2.45, 2.75) is 19.5 Å². The van der Waals surface area contributed by atoms with E-state index in [9.17, 15) is 4.39 Å². The van der Waals surface area contributed by atoms with Gasteiger partial charge in [0.2, 0.25) is 0 Å². The monoisotopic (exact) mass is 306 g/mol. The zero-order valence-corrected chi connectivity index (χ0v) is 13.3. The van der Waals surface area contributed by atoms with E-state index in [-0.39, 0.29) is 11.9 Å². The molecular formula is C17H20ClFN2. The second-order valence-electron chi connectivity index (χ2n) is 5.15. The molecule has 112 valence electrons. The number of rotatable bonds is 5. The third kappa shape index (κ3) is 3.74. The van der Waals surface area contributed by atoms with Crippen molar-refractivity contribution in [3.05, 3.63) is 64.4 Å². The first-order valence-electron chi connectivity index (χ1n) is 6.94. The van der Waals surface area contributed by atoms with Crippen LogP contribution in [0.5, 0.6) is 0 Å². The van der Waals surface area contributed by atoms with Crippen molar-refractivity contribution in [3.63, 3.8) is 0 Å². The van der Waals surface area contributed by atoms with E-state index in [2.05, 4.69) is 5.32 Å². The molecule has 2 nitrogen and oxygen atoms in total. The van der Waals surface area contributed by atoms with Gasteiger partial charge in [-0.05, 0) is 49.4 Å². The van der Waals surface area contributed by atoms with Crippen molar-refractivity contribution in [2.75, 3.05) is 19.0 Å². The van der Waals surface area contributed by atoms with E-state index < -0.39 is 0 Å². The van der Waals surface area contributed by atoms with Crippen molar-refractivity contribution in [3.8, 4) is 0 Å². The molecule has 0 aliphatic carbocycles. The zero-order valence-electron chi connectivity index (χ0n) is 12.5. The highest BCUT2D eigenvalue weighted by atomic mass is 35.5. The standard InChI is InChI=1S/C17H20ClFN2/c1-12(14-5-7-15(18)8-6-14)21(3)17-9-4-13(11-20-2)10-16(17)19/h4-10,12,20H,11H2,1-3H3. The average molecular weight is 307 g/mol. The molecule has 2 rings (SSSR count). The molecule has 2 aromatic carbocycles. The van der Waals surface area contributed by atoms with Crippen LogP contribution in [0.2, 0.25) is 5.02 Å². The number of hydrogen-bond donors (Lipinski definition) is 1. The molecule has 0 saturated carbocycles. The lowest BCUT2D eigenvalue weighted by molar-refractivity contribution is 0.608. The average Bonchev–Trinajstić information content (AvgIpc) is 2.47. The van der Waals surface area contributed by atoms with Gasteiger partial charge in [-0.25, -0.2) is 4.39 Å². The van der Waals surface area contributed by atoms with E-state index in [1.165, 1.54) is 0 Å². The van der Waals surface area contributed by atoms with Gasteiger partial charge in [-0.2, -0.15) is 0 Å². The molecule has 0 radical (unpaired) electrons. The lowest BCUT2D eigenvalue weighted by Crippen LogP contribution is -2.22. The summed E-state index contributed by atoms with van der Waals surface area (Å²) in [5.41, 5.74) is 2.63. The van der Waals surface area contributed by atoms with E-state index in [1.807, 2.05) is 62.3 Å². The van der Waals surface area contributed by atoms with Crippen molar-refractivity contribution in [2.24, 2.45) is 0 Å². The maximum absolute atomic E-state index is 14.3. The second kappa shape index (κ2) is 6.92. The Bertz CT molecular complexity index is 598. The van der Waals surface area contributed by atoms with Crippen LogP contribution >= 0.6 is 11.6 Å². The van der Waals surface area contributed by atoms with Gasteiger partial charge in [0.25, 0.3) is 0 Å². The molecule has 21 heavy (non-hydrogen) atoms. The van der Waals surface area contributed by atoms with Crippen LogP contribution in [0, 0.1) is 5.82 Å². The van der Waals surface area contributed by atoms with E-state index in [1.54, 1.807) is 6.07 Å². The first-order chi connectivity index (χ1) is 10.0. The highest BCUT2D eigenvalue weighted by molar-refractivity contribution is 6.30. The first-order valence-corrected chi connectivity index (χ1v) is 7.32. The third-order valence-electron chi connectivity index (χ3n) is 3.71. The minimum Gasteiger partial charge on any atom is -0.365 e. The van der Waals surface area contributed by atoms with Gasteiger partial charge in [0.1, 0.15) is 5.82 Å². The second-order valence-corrected chi connectivity index (χ2v) is 5.59. The zero-order chi connectivity index (χ0) is 15.4. The number of halogens is 2. The molecule has 2 aromatic rings. The van der Waals surface area contributed by atoms with E-state index in [4.69, 9.17) is 11.6 Å². The van der Waals surface area contributed by atoms with Gasteiger partial charge < -0.3 is 10.2 Å². The number of hydrogen-bond acceptors (Lipinski definition) is 2. The molecule has 0 aromatic heterocycles. The Morgan fingerprint density at radius 2 is 1.86 bits per heavy atom. The quantitative estimate of drug-likeness (QED) is 0.881. The smallest absolute Gasteiger partial charge is 0.146 e. The van der Waals surface area contributed by atoms with E-state index in [0.717, 1.165) is 11.1 Å². The van der Waals surface area contributed by atoms with Crippen LogP contribution in [0.1, 0.15) is 24.1 Å². The Morgan fingerprint density at radius 1 is 1.19 bits per heavy atom. The minimum atomic E-state index is -0.203. The summed E-state index contributed by atoms with van der Waals surface area (Å²) in [6.07, 6.45) is 0. The van der Waals surface area contributed by atoms with Crippen molar-refractivity contribution in [1.29, 1.82) is 0 Å². The Balaban J connectivity index is 2.22. The van der Waals surface area contributed by atoms with Crippen LogP contribution in [0.4, 0.5) is 10.1 Å². The summed E-state index contributed by atoms with van der Waals surface area (Å²) in [7, 11) is 3.75. The lowest BCUT2D eigenvalue weighted by atomic mass is 10.1. The summed E-state index contributed by atoms with van der Waals surface area (Å²) in [6, 6.07) is 13.1. The van der Waals surface area contributed by atoms with Gasteiger partial charge >= 0.3 is 0 Å². The Morgan fingerprint density at radius 3 is 2.43 bits per heavy atom. The number of anilines is 1. The number of nitrogens with zero attached hydrogens (tertiary/aromatic N) is 1. The SMILES string of the molecule is CNCc1ccc(N(C)C(C)c2ccc(Cl)cc2)c(F)c1. The summed E-state index contributed by atoms with van der Waals surface area (Å²) in [5, 5.41) is 3.73. The first kappa shape index (κ1) is 15.8. The molecule has 0 saturated heterocycles. The van der Waals surface area contributed by atoms with Gasteiger partial charge in [0, 0.05) is 18.6 Å². The number of benzene rings is 2. The van der Waals surface area contributed by atoms with Crippen LogP contribution in [-0.2, 0) is 6.54 Å². The predicted octanol–water partition coefficient (Wildman–Crippen LogP) is 4.40. The normalized spacial score (nSPS) is 12.2. The summed E-state index contributed by atoms with van der Waals surface area (Å²) >= 11 is 5.91. The Labute approximate surface area is 130 Å². The molecule has 0 aliphatic rings. The molecule has 0 heterocycles. The van der Waals surface area contributed by atoms with E-state index in [0.29, 0.717) is 17.3 Å². The molecule has 0 fully saturated rings. The highest BCUT2D eigenvalue weighted by Crippen LogP contribution is 2.28.